The minimum atomic E-state index is -0.553. The fourth-order valence-electron chi connectivity index (χ4n) is 0.849. The number of aromatic nitrogens is 1. The maximum absolute atomic E-state index is 13.1. The predicted molar refractivity (Wildman–Crippen MR) is 50.7 cm³/mol. The molecule has 0 bridgehead atoms. The maximum atomic E-state index is 13.1. The summed E-state index contributed by atoms with van der Waals surface area (Å²) in [5, 5.41) is 2.89. The molecule has 0 aliphatic carbocycles. The molecule has 0 amide bonds. The van der Waals surface area contributed by atoms with Crippen molar-refractivity contribution in [3.05, 3.63) is 24.3 Å². The minimum Gasteiger partial charge on any atom is -0.367 e. The summed E-state index contributed by atoms with van der Waals surface area (Å²) in [5.41, 5.74) is -0.180. The maximum Gasteiger partial charge on any atom is 0.164 e. The summed E-state index contributed by atoms with van der Waals surface area (Å²) in [7, 11) is 0. The number of terminal acetylenes is 1. The van der Waals surface area contributed by atoms with Gasteiger partial charge in [-0.1, -0.05) is 5.92 Å². The van der Waals surface area contributed by atoms with E-state index in [0.29, 0.717) is 5.69 Å². The zero-order chi connectivity index (χ0) is 9.90. The Kier molecular flexibility index (Phi) is 2.52. The van der Waals surface area contributed by atoms with Crippen molar-refractivity contribution < 1.29 is 4.39 Å². The third kappa shape index (κ3) is 2.45. The van der Waals surface area contributed by atoms with Gasteiger partial charge in [0.25, 0.3) is 0 Å². The Balaban J connectivity index is 2.88. The van der Waals surface area contributed by atoms with Crippen LogP contribution in [0.4, 0.5) is 10.1 Å². The van der Waals surface area contributed by atoms with Gasteiger partial charge in [-0.3, -0.25) is 4.98 Å². The van der Waals surface area contributed by atoms with Crippen molar-refractivity contribution in [2.45, 2.75) is 19.4 Å². The second-order valence-corrected chi connectivity index (χ2v) is 3.25. The number of halogens is 1. The molecule has 0 spiro atoms. The zero-order valence-electron chi connectivity index (χ0n) is 7.63. The average molecular weight is 178 g/mol. The average Bonchev–Trinajstić information content (AvgIpc) is 2.09. The van der Waals surface area contributed by atoms with E-state index in [1.165, 1.54) is 6.20 Å². The van der Waals surface area contributed by atoms with Crippen LogP contribution in [-0.4, -0.2) is 10.5 Å². The zero-order valence-corrected chi connectivity index (χ0v) is 7.63. The van der Waals surface area contributed by atoms with Crippen molar-refractivity contribution in [1.82, 2.24) is 4.98 Å². The monoisotopic (exact) mass is 178 g/mol. The highest BCUT2D eigenvalue weighted by molar-refractivity contribution is 5.47. The molecule has 3 heteroatoms. The van der Waals surface area contributed by atoms with Crippen LogP contribution in [0.3, 0.4) is 0 Å². The summed E-state index contributed by atoms with van der Waals surface area (Å²) >= 11 is 0. The number of nitrogens with zero attached hydrogens (tertiary/aromatic N) is 1. The van der Waals surface area contributed by atoms with Gasteiger partial charge < -0.3 is 5.32 Å². The van der Waals surface area contributed by atoms with Gasteiger partial charge >= 0.3 is 0 Å². The molecule has 1 aromatic rings. The van der Waals surface area contributed by atoms with Crippen molar-refractivity contribution in [3.63, 3.8) is 0 Å². The van der Waals surface area contributed by atoms with E-state index < -0.39 is 11.4 Å². The summed E-state index contributed by atoms with van der Waals surface area (Å²) in [5.74, 6) is 2.12. The second-order valence-electron chi connectivity index (χ2n) is 3.25. The Bertz CT molecular complexity index is 339. The Labute approximate surface area is 77.2 Å². The van der Waals surface area contributed by atoms with E-state index in [4.69, 9.17) is 6.42 Å². The van der Waals surface area contributed by atoms with Gasteiger partial charge in [0.2, 0.25) is 0 Å². The highest BCUT2D eigenvalue weighted by atomic mass is 19.1. The summed E-state index contributed by atoms with van der Waals surface area (Å²) in [4.78, 5) is 3.63. The molecule has 68 valence electrons. The number of pyridine rings is 1. The number of nitrogens with one attached hydrogen (secondary N) is 1. The number of hydrogen-bond donors (Lipinski definition) is 1. The SMILES string of the molecule is C#CC(C)(C)Nc1ccncc1F. The van der Waals surface area contributed by atoms with E-state index in [1.54, 1.807) is 19.9 Å². The highest BCUT2D eigenvalue weighted by Gasteiger charge is 2.14. The normalized spacial score (nSPS) is 10.6. The van der Waals surface area contributed by atoms with Gasteiger partial charge in [0, 0.05) is 6.20 Å². The molecular weight excluding hydrogens is 167 g/mol. The molecule has 13 heavy (non-hydrogen) atoms. The lowest BCUT2D eigenvalue weighted by atomic mass is 10.1. The molecule has 1 rings (SSSR count). The van der Waals surface area contributed by atoms with E-state index >= 15 is 0 Å². The van der Waals surface area contributed by atoms with Crippen molar-refractivity contribution in [1.29, 1.82) is 0 Å². The molecule has 0 atom stereocenters. The molecule has 0 saturated carbocycles. The quantitative estimate of drug-likeness (QED) is 0.701. The van der Waals surface area contributed by atoms with Gasteiger partial charge in [-0.2, -0.15) is 0 Å². The van der Waals surface area contributed by atoms with E-state index in [-0.39, 0.29) is 0 Å². The Hall–Kier alpha value is -1.56. The molecule has 0 saturated heterocycles. The third-order valence-electron chi connectivity index (χ3n) is 1.58. The second kappa shape index (κ2) is 3.44. The molecule has 2 nitrogen and oxygen atoms in total. The molecule has 0 unspecified atom stereocenters. The molecule has 0 radical (unpaired) electrons. The van der Waals surface area contributed by atoms with Gasteiger partial charge in [-0.05, 0) is 19.9 Å². The summed E-state index contributed by atoms with van der Waals surface area (Å²) < 4.78 is 13.1. The lowest BCUT2D eigenvalue weighted by Crippen LogP contribution is -2.28. The van der Waals surface area contributed by atoms with E-state index in [1.807, 2.05) is 0 Å². The molecule has 1 N–H and O–H groups in total. The van der Waals surface area contributed by atoms with Crippen LogP contribution in [0, 0.1) is 18.2 Å². The summed E-state index contributed by atoms with van der Waals surface area (Å²) in [6, 6.07) is 1.55. The summed E-state index contributed by atoms with van der Waals surface area (Å²) in [6.45, 7) is 3.60. The van der Waals surface area contributed by atoms with Crippen LogP contribution < -0.4 is 5.32 Å². The first-order valence-corrected chi connectivity index (χ1v) is 3.90. The Morgan fingerprint density at radius 2 is 2.31 bits per heavy atom. The van der Waals surface area contributed by atoms with E-state index in [2.05, 4.69) is 16.2 Å². The van der Waals surface area contributed by atoms with Crippen LogP contribution in [0.25, 0.3) is 0 Å². The third-order valence-corrected chi connectivity index (χ3v) is 1.58. The van der Waals surface area contributed by atoms with Crippen molar-refractivity contribution in [2.75, 3.05) is 5.32 Å². The molecule has 0 aliphatic rings. The number of anilines is 1. The van der Waals surface area contributed by atoms with Crippen molar-refractivity contribution >= 4 is 5.69 Å². The first-order chi connectivity index (χ1) is 6.05. The van der Waals surface area contributed by atoms with Gasteiger partial charge in [-0.25, -0.2) is 4.39 Å². The van der Waals surface area contributed by atoms with Gasteiger partial charge in [-0.15, -0.1) is 6.42 Å². The predicted octanol–water partition coefficient (Wildman–Crippen LogP) is 2.04. The lowest BCUT2D eigenvalue weighted by Gasteiger charge is -2.21. The smallest absolute Gasteiger partial charge is 0.164 e. The first-order valence-electron chi connectivity index (χ1n) is 3.90. The largest absolute Gasteiger partial charge is 0.367 e. The summed E-state index contributed by atoms with van der Waals surface area (Å²) in [6.07, 6.45) is 7.91. The standard InChI is InChI=1S/C10H11FN2/c1-4-10(2,3)13-9-5-6-12-7-8(9)11/h1,5-7H,2-3H3,(H,12,13). The van der Waals surface area contributed by atoms with E-state index in [0.717, 1.165) is 6.20 Å². The molecule has 1 aromatic heterocycles. The van der Waals surface area contributed by atoms with Crippen LogP contribution in [-0.2, 0) is 0 Å². The van der Waals surface area contributed by atoms with E-state index in [9.17, 15) is 4.39 Å². The molecule has 0 aliphatic heterocycles. The van der Waals surface area contributed by atoms with Gasteiger partial charge in [0.15, 0.2) is 5.82 Å². The van der Waals surface area contributed by atoms with Crippen LogP contribution in [0.5, 0.6) is 0 Å². The van der Waals surface area contributed by atoms with Gasteiger partial charge in [0.1, 0.15) is 0 Å². The highest BCUT2D eigenvalue weighted by Crippen LogP contribution is 2.16. The minimum absolute atomic E-state index is 0.373. The van der Waals surface area contributed by atoms with Crippen molar-refractivity contribution in [3.8, 4) is 12.3 Å². The van der Waals surface area contributed by atoms with Crippen molar-refractivity contribution in [2.24, 2.45) is 0 Å². The number of rotatable bonds is 2. The lowest BCUT2D eigenvalue weighted by molar-refractivity contribution is 0.615. The number of hydrogen-bond acceptors (Lipinski definition) is 2. The first kappa shape index (κ1) is 9.53. The fraction of sp³-hybridized carbons (Fsp3) is 0.300. The topological polar surface area (TPSA) is 24.9 Å². The van der Waals surface area contributed by atoms with Crippen LogP contribution in [0.15, 0.2) is 18.5 Å². The van der Waals surface area contributed by atoms with Crippen LogP contribution in [0.1, 0.15) is 13.8 Å². The Morgan fingerprint density at radius 3 is 2.85 bits per heavy atom. The molecule has 1 heterocycles. The molecule has 0 aromatic carbocycles. The van der Waals surface area contributed by atoms with Crippen LogP contribution in [0.2, 0.25) is 0 Å². The Morgan fingerprint density at radius 1 is 1.62 bits per heavy atom. The molecule has 0 fully saturated rings. The fourth-order valence-corrected chi connectivity index (χ4v) is 0.849. The van der Waals surface area contributed by atoms with Gasteiger partial charge in [0.05, 0.1) is 17.4 Å². The van der Waals surface area contributed by atoms with Crippen LogP contribution >= 0.6 is 0 Å². The molecular formula is C10H11FN2.